The Bertz CT molecular complexity index is 249. The van der Waals surface area contributed by atoms with Gasteiger partial charge in [0.1, 0.15) is 0 Å². The molecule has 0 bridgehead atoms. The fourth-order valence-electron chi connectivity index (χ4n) is 3.15. The number of nitrogens with two attached hydrogens (primary N) is 1. The lowest BCUT2D eigenvalue weighted by Crippen LogP contribution is -2.52. The average molecular weight is 255 g/mol. The molecule has 2 N–H and O–H groups in total. The molecule has 0 spiro atoms. The van der Waals surface area contributed by atoms with Crippen molar-refractivity contribution in [2.24, 2.45) is 11.7 Å². The van der Waals surface area contributed by atoms with Gasteiger partial charge in [0, 0.05) is 32.2 Å². The van der Waals surface area contributed by atoms with Crippen LogP contribution in [0, 0.1) is 5.92 Å². The Balaban J connectivity index is 1.83. The number of hydrogen-bond acceptors (Lipinski definition) is 4. The number of ether oxygens (including phenoxy) is 1. The van der Waals surface area contributed by atoms with Gasteiger partial charge in [0.25, 0.3) is 0 Å². The molecule has 0 aliphatic carbocycles. The molecule has 3 atom stereocenters. The third-order valence-electron chi connectivity index (χ3n) is 4.55. The number of rotatable bonds is 4. The number of hydrogen-bond donors (Lipinski definition) is 1. The van der Waals surface area contributed by atoms with E-state index in [9.17, 15) is 0 Å². The molecule has 2 fully saturated rings. The first-order chi connectivity index (χ1) is 8.72. The van der Waals surface area contributed by atoms with E-state index in [0.717, 1.165) is 45.9 Å². The molecule has 4 heteroatoms. The summed E-state index contributed by atoms with van der Waals surface area (Å²) in [4.78, 5) is 5.08. The van der Waals surface area contributed by atoms with Gasteiger partial charge in [0.2, 0.25) is 0 Å². The molecule has 0 aromatic heterocycles. The van der Waals surface area contributed by atoms with Crippen molar-refractivity contribution in [1.82, 2.24) is 9.80 Å². The third kappa shape index (κ3) is 3.67. The Kier molecular flexibility index (Phi) is 5.42. The Hall–Kier alpha value is -0.160. The maximum absolute atomic E-state index is 5.92. The van der Waals surface area contributed by atoms with Gasteiger partial charge in [-0.2, -0.15) is 0 Å². The highest BCUT2D eigenvalue weighted by Crippen LogP contribution is 2.22. The first-order valence-electron chi connectivity index (χ1n) is 7.51. The van der Waals surface area contributed by atoms with E-state index in [1.807, 2.05) is 0 Å². The Morgan fingerprint density at radius 3 is 2.83 bits per heavy atom. The van der Waals surface area contributed by atoms with Gasteiger partial charge in [0.05, 0.1) is 12.7 Å². The minimum atomic E-state index is 0.387. The number of likely N-dealkylation sites (N-methyl/N-ethyl adjacent to an activating group) is 1. The summed E-state index contributed by atoms with van der Waals surface area (Å²) in [5.74, 6) is 0.687. The van der Waals surface area contributed by atoms with Crippen LogP contribution in [0.5, 0.6) is 0 Å². The minimum Gasteiger partial charge on any atom is -0.374 e. The standard InChI is InChI=1S/C14H29N3O/c1-3-16-6-7-18-14(10-16)11-17-9-13(8-15)5-4-12(17)2/h12-14H,3-11,15H2,1-2H3. The van der Waals surface area contributed by atoms with Crippen molar-refractivity contribution in [1.29, 1.82) is 0 Å². The molecule has 2 aliphatic heterocycles. The molecule has 0 radical (unpaired) electrons. The average Bonchev–Trinajstić information content (AvgIpc) is 2.41. The third-order valence-corrected chi connectivity index (χ3v) is 4.55. The van der Waals surface area contributed by atoms with Crippen molar-refractivity contribution in [3.63, 3.8) is 0 Å². The van der Waals surface area contributed by atoms with Crippen LogP contribution in [-0.4, -0.2) is 67.8 Å². The molecule has 3 unspecified atom stereocenters. The first kappa shape index (κ1) is 14.3. The summed E-state index contributed by atoms with van der Waals surface area (Å²) in [5, 5.41) is 0. The number of morpholine rings is 1. The molecule has 2 saturated heterocycles. The van der Waals surface area contributed by atoms with E-state index < -0.39 is 0 Å². The topological polar surface area (TPSA) is 41.7 Å². The van der Waals surface area contributed by atoms with Gasteiger partial charge in [-0.15, -0.1) is 0 Å². The zero-order valence-electron chi connectivity index (χ0n) is 12.0. The molecule has 0 aromatic rings. The molecule has 106 valence electrons. The van der Waals surface area contributed by atoms with Gasteiger partial charge >= 0.3 is 0 Å². The highest BCUT2D eigenvalue weighted by molar-refractivity contribution is 4.83. The number of nitrogens with zero attached hydrogens (tertiary/aromatic N) is 2. The Morgan fingerprint density at radius 2 is 2.11 bits per heavy atom. The monoisotopic (exact) mass is 255 g/mol. The SMILES string of the molecule is CCN1CCOC(CN2CC(CN)CCC2C)C1. The van der Waals surface area contributed by atoms with E-state index in [0.29, 0.717) is 18.1 Å². The van der Waals surface area contributed by atoms with Crippen molar-refractivity contribution in [2.45, 2.75) is 38.8 Å². The molecule has 2 rings (SSSR count). The molecule has 0 aromatic carbocycles. The number of piperidine rings is 1. The van der Waals surface area contributed by atoms with Crippen LogP contribution >= 0.6 is 0 Å². The van der Waals surface area contributed by atoms with E-state index >= 15 is 0 Å². The largest absolute Gasteiger partial charge is 0.374 e. The van der Waals surface area contributed by atoms with Gasteiger partial charge in [-0.05, 0) is 38.8 Å². The van der Waals surface area contributed by atoms with Crippen molar-refractivity contribution in [2.75, 3.05) is 45.9 Å². The van der Waals surface area contributed by atoms with Crippen LogP contribution in [0.25, 0.3) is 0 Å². The van der Waals surface area contributed by atoms with Crippen molar-refractivity contribution in [3.05, 3.63) is 0 Å². The van der Waals surface area contributed by atoms with Crippen LogP contribution in [0.2, 0.25) is 0 Å². The maximum atomic E-state index is 5.92. The molecule has 4 nitrogen and oxygen atoms in total. The Labute approximate surface area is 111 Å². The summed E-state index contributed by atoms with van der Waals surface area (Å²) in [7, 11) is 0. The van der Waals surface area contributed by atoms with E-state index in [1.165, 1.54) is 12.8 Å². The van der Waals surface area contributed by atoms with Crippen LogP contribution in [0.4, 0.5) is 0 Å². The zero-order valence-corrected chi connectivity index (χ0v) is 12.0. The van der Waals surface area contributed by atoms with E-state index in [-0.39, 0.29) is 0 Å². The van der Waals surface area contributed by atoms with Gasteiger partial charge in [-0.3, -0.25) is 9.80 Å². The zero-order chi connectivity index (χ0) is 13.0. The van der Waals surface area contributed by atoms with Crippen molar-refractivity contribution < 1.29 is 4.74 Å². The van der Waals surface area contributed by atoms with E-state index in [2.05, 4.69) is 23.6 Å². The lowest BCUT2D eigenvalue weighted by atomic mass is 9.93. The summed E-state index contributed by atoms with van der Waals surface area (Å²) in [6.45, 7) is 11.8. The minimum absolute atomic E-state index is 0.387. The van der Waals surface area contributed by atoms with Crippen LogP contribution in [0.1, 0.15) is 26.7 Å². The van der Waals surface area contributed by atoms with Crippen LogP contribution in [0.3, 0.4) is 0 Å². The smallest absolute Gasteiger partial charge is 0.0829 e. The lowest BCUT2D eigenvalue weighted by molar-refractivity contribution is -0.0528. The molecule has 0 amide bonds. The maximum Gasteiger partial charge on any atom is 0.0829 e. The summed E-state index contributed by atoms with van der Waals surface area (Å²) in [5.41, 5.74) is 5.82. The number of likely N-dealkylation sites (tertiary alicyclic amines) is 1. The highest BCUT2D eigenvalue weighted by atomic mass is 16.5. The second-order valence-electron chi connectivity index (χ2n) is 5.87. The van der Waals surface area contributed by atoms with Crippen LogP contribution < -0.4 is 5.73 Å². The predicted octanol–water partition coefficient (Wildman–Crippen LogP) is 0.766. The van der Waals surface area contributed by atoms with E-state index in [4.69, 9.17) is 10.5 Å². The van der Waals surface area contributed by atoms with Crippen LogP contribution in [0.15, 0.2) is 0 Å². The van der Waals surface area contributed by atoms with E-state index in [1.54, 1.807) is 0 Å². The van der Waals surface area contributed by atoms with Gasteiger partial charge in [0.15, 0.2) is 0 Å². The fourth-order valence-corrected chi connectivity index (χ4v) is 3.15. The second-order valence-corrected chi connectivity index (χ2v) is 5.87. The van der Waals surface area contributed by atoms with Crippen molar-refractivity contribution in [3.8, 4) is 0 Å². The molecule has 2 heterocycles. The molecular formula is C14H29N3O. The second kappa shape index (κ2) is 6.85. The van der Waals surface area contributed by atoms with Gasteiger partial charge < -0.3 is 10.5 Å². The quantitative estimate of drug-likeness (QED) is 0.805. The lowest BCUT2D eigenvalue weighted by Gasteiger charge is -2.41. The first-order valence-corrected chi connectivity index (χ1v) is 7.51. The predicted molar refractivity (Wildman–Crippen MR) is 74.7 cm³/mol. The molecule has 18 heavy (non-hydrogen) atoms. The van der Waals surface area contributed by atoms with Gasteiger partial charge in [-0.1, -0.05) is 6.92 Å². The molecular weight excluding hydrogens is 226 g/mol. The fraction of sp³-hybridized carbons (Fsp3) is 1.00. The Morgan fingerprint density at radius 1 is 1.28 bits per heavy atom. The normalized spacial score (nSPS) is 35.8. The summed E-state index contributed by atoms with van der Waals surface area (Å²) in [6.07, 6.45) is 2.96. The highest BCUT2D eigenvalue weighted by Gasteiger charge is 2.28. The summed E-state index contributed by atoms with van der Waals surface area (Å²) < 4.78 is 5.92. The summed E-state index contributed by atoms with van der Waals surface area (Å²) >= 11 is 0. The van der Waals surface area contributed by atoms with Gasteiger partial charge in [-0.25, -0.2) is 0 Å². The molecule has 2 aliphatic rings. The van der Waals surface area contributed by atoms with Crippen LogP contribution in [-0.2, 0) is 4.74 Å². The molecule has 0 saturated carbocycles. The van der Waals surface area contributed by atoms with Crippen molar-refractivity contribution >= 4 is 0 Å². The summed E-state index contributed by atoms with van der Waals surface area (Å²) in [6, 6.07) is 0.688.